The standard InChI is InChI=1S/C19H22N2O3/c1-14(2)15-4-3-5-17(12-15)24-19(22)18-13-16(6-7-20-18)21-8-10-23-11-9-21/h3-7,12-14H,8-11H2,1-2H3/p+1. The molecule has 1 aliphatic heterocycles. The van der Waals surface area contributed by atoms with E-state index in [2.05, 4.69) is 23.7 Å². The highest BCUT2D eigenvalue weighted by molar-refractivity contribution is 5.88. The van der Waals surface area contributed by atoms with E-state index in [1.54, 1.807) is 12.3 Å². The van der Waals surface area contributed by atoms with Crippen LogP contribution in [0.25, 0.3) is 0 Å². The molecule has 0 spiro atoms. The predicted octanol–water partition coefficient (Wildman–Crippen LogP) is 2.68. The SMILES string of the molecule is CC(C)c1cccc(OC(=O)c2cc(N3CCOCC3)cc[nH+]2)c1. The lowest BCUT2D eigenvalue weighted by Gasteiger charge is -2.28. The van der Waals surface area contributed by atoms with Crippen molar-refractivity contribution in [1.82, 2.24) is 0 Å². The highest BCUT2D eigenvalue weighted by Crippen LogP contribution is 2.21. The first-order valence-electron chi connectivity index (χ1n) is 8.30. The molecule has 0 unspecified atom stereocenters. The van der Waals surface area contributed by atoms with Gasteiger partial charge in [0.1, 0.15) is 5.75 Å². The molecule has 1 aromatic carbocycles. The fourth-order valence-electron chi connectivity index (χ4n) is 2.69. The first kappa shape index (κ1) is 16.5. The summed E-state index contributed by atoms with van der Waals surface area (Å²) < 4.78 is 10.9. The molecule has 1 aromatic heterocycles. The van der Waals surface area contributed by atoms with E-state index in [-0.39, 0.29) is 5.97 Å². The summed E-state index contributed by atoms with van der Waals surface area (Å²) >= 11 is 0. The molecule has 5 heteroatoms. The minimum absolute atomic E-state index is 0.383. The first-order chi connectivity index (χ1) is 11.6. The summed E-state index contributed by atoms with van der Waals surface area (Å²) in [6.07, 6.45) is 1.77. The topological polar surface area (TPSA) is 52.9 Å². The van der Waals surface area contributed by atoms with Crippen LogP contribution in [0.15, 0.2) is 42.6 Å². The van der Waals surface area contributed by atoms with Crippen LogP contribution in [0.5, 0.6) is 5.75 Å². The largest absolute Gasteiger partial charge is 0.419 e. The van der Waals surface area contributed by atoms with Crippen LogP contribution < -0.4 is 14.6 Å². The fraction of sp³-hybridized carbons (Fsp3) is 0.368. The van der Waals surface area contributed by atoms with Crippen LogP contribution in [-0.4, -0.2) is 32.3 Å². The number of carbonyl (C=O) groups is 1. The van der Waals surface area contributed by atoms with Crippen molar-refractivity contribution >= 4 is 11.7 Å². The van der Waals surface area contributed by atoms with Crippen LogP contribution in [0.4, 0.5) is 5.69 Å². The van der Waals surface area contributed by atoms with Crippen molar-refractivity contribution in [3.8, 4) is 5.75 Å². The number of aromatic amines is 1. The number of anilines is 1. The van der Waals surface area contributed by atoms with Crippen molar-refractivity contribution < 1.29 is 19.3 Å². The third-order valence-corrected chi connectivity index (χ3v) is 4.12. The summed E-state index contributed by atoms with van der Waals surface area (Å²) in [5.74, 6) is 0.572. The van der Waals surface area contributed by atoms with Crippen LogP contribution in [0.2, 0.25) is 0 Å². The molecule has 1 N–H and O–H groups in total. The van der Waals surface area contributed by atoms with E-state index in [1.165, 1.54) is 0 Å². The summed E-state index contributed by atoms with van der Waals surface area (Å²) in [6, 6.07) is 11.4. The number of rotatable bonds is 4. The zero-order valence-corrected chi connectivity index (χ0v) is 14.1. The van der Waals surface area contributed by atoms with Crippen molar-refractivity contribution in [2.45, 2.75) is 19.8 Å². The molecular formula is C19H23N2O3+. The second kappa shape index (κ2) is 7.45. The van der Waals surface area contributed by atoms with Crippen molar-refractivity contribution in [2.75, 3.05) is 31.2 Å². The van der Waals surface area contributed by atoms with Crippen molar-refractivity contribution in [1.29, 1.82) is 0 Å². The van der Waals surface area contributed by atoms with Gasteiger partial charge in [0.15, 0.2) is 6.20 Å². The maximum atomic E-state index is 12.4. The molecule has 126 valence electrons. The van der Waals surface area contributed by atoms with E-state index in [0.29, 0.717) is 30.6 Å². The summed E-state index contributed by atoms with van der Waals surface area (Å²) in [4.78, 5) is 17.6. The van der Waals surface area contributed by atoms with Gasteiger partial charge in [-0.1, -0.05) is 26.0 Å². The van der Waals surface area contributed by atoms with Crippen molar-refractivity contribution in [3.05, 3.63) is 53.9 Å². The van der Waals surface area contributed by atoms with E-state index in [1.807, 2.05) is 30.3 Å². The third-order valence-electron chi connectivity index (χ3n) is 4.12. The lowest BCUT2D eigenvalue weighted by Crippen LogP contribution is -2.36. The summed E-state index contributed by atoms with van der Waals surface area (Å²) in [6.45, 7) is 7.30. The fourth-order valence-corrected chi connectivity index (χ4v) is 2.69. The summed E-state index contributed by atoms with van der Waals surface area (Å²) in [5.41, 5.74) is 2.58. The van der Waals surface area contributed by atoms with Crippen LogP contribution in [0.3, 0.4) is 0 Å². The molecule has 0 amide bonds. The molecule has 0 atom stereocenters. The number of hydrogen-bond donors (Lipinski definition) is 0. The second-order valence-corrected chi connectivity index (χ2v) is 6.18. The Morgan fingerprint density at radius 1 is 1.21 bits per heavy atom. The number of nitrogens with one attached hydrogen (secondary N) is 1. The van der Waals surface area contributed by atoms with E-state index < -0.39 is 0 Å². The number of benzene rings is 1. The molecule has 1 saturated heterocycles. The van der Waals surface area contributed by atoms with Crippen molar-refractivity contribution in [3.63, 3.8) is 0 Å². The number of aromatic nitrogens is 1. The van der Waals surface area contributed by atoms with Gasteiger partial charge in [0.05, 0.1) is 13.2 Å². The summed E-state index contributed by atoms with van der Waals surface area (Å²) in [5, 5.41) is 0. The first-order valence-corrected chi connectivity index (χ1v) is 8.30. The summed E-state index contributed by atoms with van der Waals surface area (Å²) in [7, 11) is 0. The smallest absolute Gasteiger partial charge is 0.409 e. The Hall–Kier alpha value is -2.40. The number of morpholine rings is 1. The van der Waals surface area contributed by atoms with Crippen LogP contribution in [-0.2, 0) is 4.74 Å². The van der Waals surface area contributed by atoms with E-state index in [0.717, 1.165) is 24.3 Å². The number of H-pyrrole nitrogens is 1. The van der Waals surface area contributed by atoms with E-state index in [9.17, 15) is 4.79 Å². The lowest BCUT2D eigenvalue weighted by molar-refractivity contribution is -0.383. The van der Waals surface area contributed by atoms with Gasteiger partial charge in [0.25, 0.3) is 5.69 Å². The van der Waals surface area contributed by atoms with Gasteiger partial charge in [-0.3, -0.25) is 0 Å². The molecule has 0 bridgehead atoms. The van der Waals surface area contributed by atoms with Gasteiger partial charge < -0.3 is 14.4 Å². The van der Waals surface area contributed by atoms with E-state index >= 15 is 0 Å². The van der Waals surface area contributed by atoms with Crippen LogP contribution in [0.1, 0.15) is 35.8 Å². The minimum Gasteiger partial charge on any atom is -0.419 e. The Morgan fingerprint density at radius 2 is 2.00 bits per heavy atom. The Labute approximate surface area is 142 Å². The van der Waals surface area contributed by atoms with Crippen LogP contribution >= 0.6 is 0 Å². The molecule has 2 heterocycles. The molecule has 1 aliphatic rings. The lowest BCUT2D eigenvalue weighted by atomic mass is 10.0. The molecule has 1 fully saturated rings. The van der Waals surface area contributed by atoms with Gasteiger partial charge >= 0.3 is 5.97 Å². The number of esters is 1. The zero-order chi connectivity index (χ0) is 16.9. The van der Waals surface area contributed by atoms with Gasteiger partial charge in [-0.05, 0) is 23.6 Å². The highest BCUT2D eigenvalue weighted by atomic mass is 16.5. The van der Waals surface area contributed by atoms with E-state index in [4.69, 9.17) is 9.47 Å². The average Bonchev–Trinajstić information content (AvgIpc) is 2.63. The molecule has 24 heavy (non-hydrogen) atoms. The number of ether oxygens (including phenoxy) is 2. The monoisotopic (exact) mass is 327 g/mol. The minimum atomic E-state index is -0.383. The van der Waals surface area contributed by atoms with Gasteiger partial charge in [-0.2, -0.15) is 0 Å². The van der Waals surface area contributed by atoms with Crippen LogP contribution in [0, 0.1) is 0 Å². The molecule has 0 saturated carbocycles. The maximum Gasteiger partial charge on any atom is 0.409 e. The Morgan fingerprint density at radius 3 is 2.75 bits per heavy atom. The van der Waals surface area contributed by atoms with Crippen molar-refractivity contribution in [2.24, 2.45) is 0 Å². The normalized spacial score (nSPS) is 14.7. The second-order valence-electron chi connectivity index (χ2n) is 6.18. The molecule has 3 rings (SSSR count). The number of hydrogen-bond acceptors (Lipinski definition) is 4. The third kappa shape index (κ3) is 3.92. The molecule has 0 radical (unpaired) electrons. The molecular weight excluding hydrogens is 304 g/mol. The van der Waals surface area contributed by atoms with Gasteiger partial charge in [0, 0.05) is 30.9 Å². The Kier molecular flexibility index (Phi) is 5.11. The highest BCUT2D eigenvalue weighted by Gasteiger charge is 2.20. The average molecular weight is 327 g/mol. The predicted molar refractivity (Wildman–Crippen MR) is 91.5 cm³/mol. The quantitative estimate of drug-likeness (QED) is 0.640. The molecule has 2 aromatic rings. The van der Waals surface area contributed by atoms with Gasteiger partial charge in [-0.15, -0.1) is 0 Å². The molecule has 5 nitrogen and oxygen atoms in total. The number of pyridine rings is 1. The maximum absolute atomic E-state index is 12.4. The van der Waals surface area contributed by atoms with Gasteiger partial charge in [0.2, 0.25) is 0 Å². The Bertz CT molecular complexity index is 709. The number of carbonyl (C=O) groups excluding carboxylic acids is 1. The Balaban J connectivity index is 1.74. The number of nitrogens with zero attached hydrogens (tertiary/aromatic N) is 1. The zero-order valence-electron chi connectivity index (χ0n) is 14.1. The molecule has 0 aliphatic carbocycles. The van der Waals surface area contributed by atoms with Gasteiger partial charge in [-0.25, -0.2) is 9.78 Å².